The zero-order valence-corrected chi connectivity index (χ0v) is 61.8. The van der Waals surface area contributed by atoms with E-state index in [0.717, 1.165) is 20.8 Å². The van der Waals surface area contributed by atoms with Crippen LogP contribution in [0.2, 0.25) is 0 Å². The van der Waals surface area contributed by atoms with Crippen molar-refractivity contribution in [2.24, 2.45) is 28.9 Å². The van der Waals surface area contributed by atoms with Crippen LogP contribution in [0.15, 0.2) is 0 Å². The van der Waals surface area contributed by atoms with E-state index >= 15 is 0 Å². The zero-order chi connectivity index (χ0) is 82.5. The second kappa shape index (κ2) is 52.9. The van der Waals surface area contributed by atoms with Crippen LogP contribution in [0.3, 0.4) is 0 Å². The molecule has 0 fully saturated rings. The van der Waals surface area contributed by atoms with E-state index in [0.29, 0.717) is 18.6 Å². The smallest absolute Gasteiger partial charge is 0.326 e. The van der Waals surface area contributed by atoms with Crippen molar-refractivity contribution in [2.75, 3.05) is 51.5 Å². The van der Waals surface area contributed by atoms with E-state index in [4.69, 9.17) is 28.0 Å². The maximum atomic E-state index is 14.0. The number of carbonyl (C=O) groups excluding carboxylic acids is 15. The van der Waals surface area contributed by atoms with Gasteiger partial charge in [-0.05, 0) is 129 Å². The van der Waals surface area contributed by atoms with Crippen molar-refractivity contribution < 1.29 is 127 Å². The number of carboxylic acids is 4. The first-order valence-electron chi connectivity index (χ1n) is 34.6. The number of nitrogens with one attached hydrogen (secondary N) is 14. The van der Waals surface area contributed by atoms with Gasteiger partial charge in [-0.25, -0.2) is 4.79 Å². The Morgan fingerprint density at radius 1 is 0.343 bits per heavy atom. The van der Waals surface area contributed by atoms with Crippen molar-refractivity contribution in [1.29, 1.82) is 0 Å². The van der Waals surface area contributed by atoms with Gasteiger partial charge in [-0.15, -0.1) is 0 Å². The molecular formula is C63H108N18O26S. The molecule has 0 aromatic heterocycles. The monoisotopic (exact) mass is 1560 g/mol. The van der Waals surface area contributed by atoms with E-state index in [2.05, 4.69) is 69.1 Å². The quantitative estimate of drug-likeness (QED) is 0.0251. The van der Waals surface area contributed by atoms with Gasteiger partial charge in [-0.2, -0.15) is 11.8 Å². The van der Waals surface area contributed by atoms with Crippen LogP contribution in [-0.2, 0) is 91.1 Å². The Bertz CT molecular complexity index is 3080. The fourth-order valence-electron chi connectivity index (χ4n) is 9.56. The van der Waals surface area contributed by atoms with Gasteiger partial charge in [-0.3, -0.25) is 86.3 Å². The molecule has 0 heterocycles. The predicted octanol–water partition coefficient (Wildman–Crippen LogP) is -10.2. The minimum atomic E-state index is -1.85. The van der Waals surface area contributed by atoms with E-state index in [1.54, 1.807) is 20.1 Å². The molecule has 0 rings (SSSR count). The van der Waals surface area contributed by atoms with Gasteiger partial charge < -0.3 is 133 Å². The minimum Gasteiger partial charge on any atom is -0.481 e. The molecule has 0 aromatic rings. The third-order valence-electron chi connectivity index (χ3n) is 15.7. The summed E-state index contributed by atoms with van der Waals surface area (Å²) >= 11 is 1.31. The van der Waals surface area contributed by atoms with E-state index < -0.39 is 281 Å². The van der Waals surface area contributed by atoms with E-state index in [1.165, 1.54) is 11.8 Å². The number of hydrogen-bond acceptors (Lipinski definition) is 26. The highest BCUT2D eigenvalue weighted by Gasteiger charge is 2.37. The van der Waals surface area contributed by atoms with Crippen LogP contribution < -0.4 is 97.4 Å². The molecular weight excluding hydrogens is 1460 g/mol. The third kappa shape index (κ3) is 40.1. The van der Waals surface area contributed by atoms with Gasteiger partial charge in [-0.1, -0.05) is 13.8 Å². The Morgan fingerprint density at radius 3 is 1.01 bits per heavy atom. The van der Waals surface area contributed by atoms with Crippen LogP contribution in [0.1, 0.15) is 137 Å². The van der Waals surface area contributed by atoms with Gasteiger partial charge in [0.05, 0.1) is 26.4 Å². The molecule has 108 heavy (non-hydrogen) atoms. The van der Waals surface area contributed by atoms with Gasteiger partial charge in [0.15, 0.2) is 0 Å². The van der Waals surface area contributed by atoms with Crippen LogP contribution in [0.5, 0.6) is 0 Å². The number of thioether (sulfide) groups is 1. The van der Waals surface area contributed by atoms with Crippen molar-refractivity contribution in [1.82, 2.24) is 74.4 Å². The normalized spacial score (nSPS) is 14.9. The second-order valence-electron chi connectivity index (χ2n) is 25.4. The average Bonchev–Trinajstić information content (AvgIpc) is 0.864. The molecule has 15 amide bonds. The number of carbonyl (C=O) groups is 19. The number of nitrogens with two attached hydrogens (primary N) is 4. The molecule has 612 valence electrons. The molecule has 45 heteroatoms. The maximum absolute atomic E-state index is 14.0. The highest BCUT2D eigenvalue weighted by atomic mass is 32.2. The largest absolute Gasteiger partial charge is 0.481 e. The molecule has 0 bridgehead atoms. The molecule has 0 aromatic carbocycles. The summed E-state index contributed by atoms with van der Waals surface area (Å²) in [5.74, 6) is -21.8. The Kier molecular flexibility index (Phi) is 48.0. The number of primary amides is 1. The number of aliphatic carboxylic acids is 4. The minimum absolute atomic E-state index is 0.0298. The fourth-order valence-corrected chi connectivity index (χ4v) is 10.0. The first-order chi connectivity index (χ1) is 50.7. The summed E-state index contributed by atoms with van der Waals surface area (Å²) in [5.41, 5.74) is 22.1. The number of rotatable bonds is 57. The molecule has 44 nitrogen and oxygen atoms in total. The molecule has 0 unspecified atom stereocenters. The van der Waals surface area contributed by atoms with Crippen molar-refractivity contribution in [3.05, 3.63) is 0 Å². The number of hydrogen-bond donors (Lipinski definition) is 25. The average molecular weight is 1570 g/mol. The lowest BCUT2D eigenvalue weighted by Crippen LogP contribution is -2.60. The van der Waals surface area contributed by atoms with E-state index in [-0.39, 0.29) is 51.6 Å². The Morgan fingerprint density at radius 2 is 0.648 bits per heavy atom. The Hall–Kier alpha value is -9.96. The van der Waals surface area contributed by atoms with Gasteiger partial charge in [0.1, 0.15) is 84.6 Å². The lowest BCUT2D eigenvalue weighted by atomic mass is 10.0. The molecule has 0 aliphatic rings. The summed E-state index contributed by atoms with van der Waals surface area (Å²) in [6, 6.07) is -22.4. The summed E-state index contributed by atoms with van der Waals surface area (Å²) in [6.07, 6.45) is -2.38. The summed E-state index contributed by atoms with van der Waals surface area (Å²) in [6.45, 7) is 3.15. The second-order valence-corrected chi connectivity index (χ2v) is 26.3. The topological polar surface area (TPSA) is 738 Å². The van der Waals surface area contributed by atoms with Gasteiger partial charge in [0.25, 0.3) is 0 Å². The van der Waals surface area contributed by atoms with Crippen LogP contribution >= 0.6 is 11.8 Å². The van der Waals surface area contributed by atoms with Crippen molar-refractivity contribution >= 4 is 124 Å². The zero-order valence-electron chi connectivity index (χ0n) is 61.0. The lowest BCUT2D eigenvalue weighted by molar-refractivity contribution is -0.144. The van der Waals surface area contributed by atoms with Crippen LogP contribution in [0, 0.1) is 5.92 Å². The summed E-state index contributed by atoms with van der Waals surface area (Å²) in [4.78, 5) is 247. The van der Waals surface area contributed by atoms with Gasteiger partial charge in [0.2, 0.25) is 88.6 Å². The number of unbranched alkanes of at least 4 members (excludes halogenated alkanes) is 2. The SMILES string of the molecule is CSCC[C@H](NC(=O)[C@@H](N)CO)C(=O)N[C@@H](CCC(N)=O)C(=O)N[C@@H](C)C(=O)N[C@@H](CO)C(=O)N[C@@H](CC(C)C)C(=O)N[C@@H](CCC(=O)O)C(=O)N[C@@H](C)C(=O)N[C@@H](CCC(=O)O)C(=O)N[C@@H](C)C(=O)N[C@@H](CCCCN)C(=O)NCC(=O)N[C@@H](CCCCN)C(=O)N[C@@H](CO)C(=O)N[C@@H](CCC(=O)O)C(=O)O. The first-order valence-corrected chi connectivity index (χ1v) is 36.0. The Labute approximate surface area is 625 Å². The lowest BCUT2D eigenvalue weighted by Gasteiger charge is -2.27. The van der Waals surface area contributed by atoms with E-state index in [9.17, 15) is 122 Å². The maximum Gasteiger partial charge on any atom is 0.326 e. The molecule has 29 N–H and O–H groups in total. The Balaban J connectivity index is 6.43. The van der Waals surface area contributed by atoms with Gasteiger partial charge in [0, 0.05) is 25.7 Å². The number of carboxylic acid groups (broad SMARTS) is 4. The van der Waals surface area contributed by atoms with Crippen LogP contribution in [-0.4, -0.2) is 284 Å². The van der Waals surface area contributed by atoms with Crippen molar-refractivity contribution in [3.63, 3.8) is 0 Å². The first kappa shape index (κ1) is 98.0. The number of aliphatic hydroxyl groups excluding tert-OH is 3. The number of amides is 15. The highest BCUT2D eigenvalue weighted by Crippen LogP contribution is 2.12. The van der Waals surface area contributed by atoms with Crippen molar-refractivity contribution in [3.8, 4) is 0 Å². The summed E-state index contributed by atoms with van der Waals surface area (Å²) in [7, 11) is 0. The fraction of sp³-hybridized carbons (Fsp3) is 0.698. The number of aliphatic hydroxyl groups is 3. The van der Waals surface area contributed by atoms with Crippen molar-refractivity contribution in [2.45, 2.75) is 222 Å². The van der Waals surface area contributed by atoms with Crippen LogP contribution in [0.4, 0.5) is 0 Å². The van der Waals surface area contributed by atoms with Crippen LogP contribution in [0.25, 0.3) is 0 Å². The molecule has 0 aliphatic carbocycles. The van der Waals surface area contributed by atoms with E-state index in [1.807, 2.05) is 5.32 Å². The molecule has 0 saturated carbocycles. The molecule has 0 aliphatic heterocycles. The molecule has 0 spiro atoms. The molecule has 0 saturated heterocycles. The van der Waals surface area contributed by atoms with Gasteiger partial charge >= 0.3 is 23.9 Å². The molecule has 14 atom stereocenters. The summed E-state index contributed by atoms with van der Waals surface area (Å²) < 4.78 is 0. The molecule has 0 radical (unpaired) electrons. The standard InChI is InChI=1S/C63H108N18O26S/c1-30(2)25-42(79-62(105)43(28-83)80-52(95)33(5)71-55(98)37(13-17-45(67)85)76-59(102)40(21-24-108-6)75-53(96)34(66)27-82)60(103)77-39(15-19-48(89)90)57(100)70-32(4)51(94)74-38(14-18-47(87)88)56(99)69-31(3)50(93)73-35(11-7-9-22-64)54(97)68-26-46(86)72-36(12-8-10-23-65)58(101)81-44(29-84)61(104)78-41(63(106)107)16-20-49(91)92/h30-44,82-84H,7-29,64-66H2,1-6H3,(H2,67,85)(H,68,97)(H,69,99)(H,70,100)(H,71,98)(H,72,86)(H,73,93)(H,74,94)(H,75,96)(H,76,102)(H,77,103)(H,78,104)(H,79,105)(H,80,95)(H,81,101)(H,87,88)(H,89,90)(H,91,92)(H,106,107)/t31-,32-,33-,34-,35-,36-,37-,38-,39-,40-,41-,42-,43-,44-/m0/s1. The summed E-state index contributed by atoms with van der Waals surface area (Å²) in [5, 5.41) is 99.2. The third-order valence-corrected chi connectivity index (χ3v) is 16.4. The highest BCUT2D eigenvalue weighted by molar-refractivity contribution is 7.98. The predicted molar refractivity (Wildman–Crippen MR) is 379 cm³/mol.